The van der Waals surface area contributed by atoms with Gasteiger partial charge in [0.25, 0.3) is 0 Å². The molecule has 0 atom stereocenters. The van der Waals surface area contributed by atoms with Crippen LogP contribution < -0.4 is 0 Å². The third-order valence-corrected chi connectivity index (χ3v) is 3.26. The van der Waals surface area contributed by atoms with Gasteiger partial charge in [0.05, 0.1) is 17.4 Å². The molecule has 4 heteroatoms. The second kappa shape index (κ2) is 4.86. The van der Waals surface area contributed by atoms with E-state index in [9.17, 15) is 4.79 Å². The van der Waals surface area contributed by atoms with E-state index in [1.807, 2.05) is 40.8 Å². The lowest BCUT2D eigenvalue weighted by molar-refractivity contribution is 0.111. The number of aromatic nitrogens is 2. The van der Waals surface area contributed by atoms with Gasteiger partial charge in [0, 0.05) is 11.4 Å². The zero-order chi connectivity index (χ0) is 13.2. The quantitative estimate of drug-likeness (QED) is 0.684. The number of halogens is 1. The Labute approximate surface area is 115 Å². The monoisotopic (exact) mass is 270 g/mol. The Bertz CT molecular complexity index is 749. The molecule has 0 amide bonds. The lowest BCUT2D eigenvalue weighted by Gasteiger charge is -2.04. The Kier molecular flexibility index (Phi) is 3.05. The van der Waals surface area contributed by atoms with Crippen molar-refractivity contribution in [3.8, 4) is 0 Å². The highest BCUT2D eigenvalue weighted by Crippen LogP contribution is 2.16. The van der Waals surface area contributed by atoms with Crippen LogP contribution in [-0.4, -0.2) is 15.7 Å². The summed E-state index contributed by atoms with van der Waals surface area (Å²) in [4.78, 5) is 15.5. The SMILES string of the molecule is O=Cc1cccc2cnc(Cc3cccc(Cl)c3)n12. The molecule has 0 unspecified atom stereocenters. The number of rotatable bonds is 3. The molecule has 0 aliphatic heterocycles. The van der Waals surface area contributed by atoms with Crippen LogP contribution in [-0.2, 0) is 6.42 Å². The highest BCUT2D eigenvalue weighted by Gasteiger charge is 2.08. The first-order valence-corrected chi connectivity index (χ1v) is 6.31. The van der Waals surface area contributed by atoms with Crippen LogP contribution in [0.4, 0.5) is 0 Å². The topological polar surface area (TPSA) is 34.4 Å². The molecule has 0 saturated carbocycles. The molecule has 0 radical (unpaired) electrons. The van der Waals surface area contributed by atoms with E-state index in [4.69, 9.17) is 11.6 Å². The Balaban J connectivity index is 2.08. The third kappa shape index (κ3) is 2.25. The molecule has 0 aliphatic rings. The Morgan fingerprint density at radius 3 is 2.84 bits per heavy atom. The molecule has 2 aromatic heterocycles. The fraction of sp³-hybridized carbons (Fsp3) is 0.0667. The summed E-state index contributed by atoms with van der Waals surface area (Å²) in [6.45, 7) is 0. The molecule has 0 saturated heterocycles. The molecule has 3 aromatic rings. The van der Waals surface area contributed by atoms with Gasteiger partial charge in [-0.2, -0.15) is 0 Å². The standard InChI is InChI=1S/C15H11ClN2O/c16-12-4-1-3-11(7-12)8-15-17-9-13-5-2-6-14(10-19)18(13)15/h1-7,9-10H,8H2. The number of nitrogens with zero attached hydrogens (tertiary/aromatic N) is 2. The van der Waals surface area contributed by atoms with E-state index in [-0.39, 0.29) is 0 Å². The second-order valence-electron chi connectivity index (χ2n) is 4.31. The van der Waals surface area contributed by atoms with Crippen molar-refractivity contribution in [2.75, 3.05) is 0 Å². The molecular formula is C15H11ClN2O. The minimum atomic E-state index is 0.604. The maximum absolute atomic E-state index is 11.1. The van der Waals surface area contributed by atoms with E-state index in [1.165, 1.54) is 0 Å². The summed E-state index contributed by atoms with van der Waals surface area (Å²) >= 11 is 5.98. The summed E-state index contributed by atoms with van der Waals surface area (Å²) in [5, 5.41) is 0.703. The van der Waals surface area contributed by atoms with Crippen LogP contribution in [0.3, 0.4) is 0 Å². The number of imidazole rings is 1. The molecule has 3 nitrogen and oxygen atoms in total. The van der Waals surface area contributed by atoms with Crippen LogP contribution in [0.15, 0.2) is 48.7 Å². The van der Waals surface area contributed by atoms with Crippen molar-refractivity contribution in [1.82, 2.24) is 9.38 Å². The van der Waals surface area contributed by atoms with Gasteiger partial charge in [-0.15, -0.1) is 0 Å². The fourth-order valence-electron chi connectivity index (χ4n) is 2.19. The highest BCUT2D eigenvalue weighted by atomic mass is 35.5. The Morgan fingerprint density at radius 1 is 1.21 bits per heavy atom. The van der Waals surface area contributed by atoms with Gasteiger partial charge in [-0.3, -0.25) is 9.20 Å². The molecule has 19 heavy (non-hydrogen) atoms. The van der Waals surface area contributed by atoms with Crippen molar-refractivity contribution in [2.24, 2.45) is 0 Å². The van der Waals surface area contributed by atoms with Crippen LogP contribution in [0, 0.1) is 0 Å². The number of aldehydes is 1. The van der Waals surface area contributed by atoms with Crippen molar-refractivity contribution in [1.29, 1.82) is 0 Å². The Hall–Kier alpha value is -2.13. The first kappa shape index (κ1) is 11.9. The molecule has 3 rings (SSSR count). The van der Waals surface area contributed by atoms with Gasteiger partial charge < -0.3 is 0 Å². The largest absolute Gasteiger partial charge is 0.296 e. The zero-order valence-corrected chi connectivity index (χ0v) is 10.8. The average Bonchev–Trinajstić information content (AvgIpc) is 2.82. The van der Waals surface area contributed by atoms with Crippen molar-refractivity contribution >= 4 is 23.4 Å². The van der Waals surface area contributed by atoms with Gasteiger partial charge in [0.1, 0.15) is 5.82 Å². The minimum absolute atomic E-state index is 0.604. The third-order valence-electron chi connectivity index (χ3n) is 3.03. The van der Waals surface area contributed by atoms with Crippen LogP contribution >= 0.6 is 11.6 Å². The average molecular weight is 271 g/mol. The molecule has 0 spiro atoms. The Morgan fingerprint density at radius 2 is 2.05 bits per heavy atom. The number of benzene rings is 1. The summed E-state index contributed by atoms with van der Waals surface area (Å²) in [7, 11) is 0. The molecular weight excluding hydrogens is 260 g/mol. The number of carbonyl (C=O) groups is 1. The highest BCUT2D eigenvalue weighted by molar-refractivity contribution is 6.30. The van der Waals surface area contributed by atoms with Crippen LogP contribution in [0.25, 0.3) is 5.52 Å². The predicted octanol–water partition coefficient (Wildman–Crippen LogP) is 3.39. The number of hydrogen-bond acceptors (Lipinski definition) is 2. The van der Waals surface area contributed by atoms with Crippen molar-refractivity contribution < 1.29 is 4.79 Å². The van der Waals surface area contributed by atoms with Crippen molar-refractivity contribution in [2.45, 2.75) is 6.42 Å². The summed E-state index contributed by atoms with van der Waals surface area (Å²) in [6.07, 6.45) is 3.25. The molecule has 2 heterocycles. The van der Waals surface area contributed by atoms with Crippen LogP contribution in [0.5, 0.6) is 0 Å². The van der Waals surface area contributed by atoms with Gasteiger partial charge in [0.15, 0.2) is 6.29 Å². The van der Waals surface area contributed by atoms with Gasteiger partial charge in [0.2, 0.25) is 0 Å². The van der Waals surface area contributed by atoms with E-state index in [2.05, 4.69) is 4.98 Å². The van der Waals surface area contributed by atoms with E-state index in [0.717, 1.165) is 23.2 Å². The maximum Gasteiger partial charge on any atom is 0.166 e. The predicted molar refractivity (Wildman–Crippen MR) is 74.8 cm³/mol. The maximum atomic E-state index is 11.1. The molecule has 94 valence electrons. The van der Waals surface area contributed by atoms with Crippen LogP contribution in [0.1, 0.15) is 21.9 Å². The fourth-order valence-corrected chi connectivity index (χ4v) is 2.40. The number of pyridine rings is 1. The second-order valence-corrected chi connectivity index (χ2v) is 4.75. The lowest BCUT2D eigenvalue weighted by Crippen LogP contribution is -2.01. The van der Waals surface area contributed by atoms with Gasteiger partial charge in [-0.1, -0.05) is 29.8 Å². The van der Waals surface area contributed by atoms with Crippen molar-refractivity contribution in [3.63, 3.8) is 0 Å². The number of hydrogen-bond donors (Lipinski definition) is 0. The summed E-state index contributed by atoms with van der Waals surface area (Å²) in [5.41, 5.74) is 2.59. The summed E-state index contributed by atoms with van der Waals surface area (Å²) < 4.78 is 1.87. The number of fused-ring (bicyclic) bond motifs is 1. The van der Waals surface area contributed by atoms with E-state index < -0.39 is 0 Å². The molecule has 1 aromatic carbocycles. The van der Waals surface area contributed by atoms with Crippen LogP contribution in [0.2, 0.25) is 5.02 Å². The summed E-state index contributed by atoms with van der Waals surface area (Å²) in [6, 6.07) is 13.2. The van der Waals surface area contributed by atoms with Gasteiger partial charge in [-0.05, 0) is 29.8 Å². The summed E-state index contributed by atoms with van der Waals surface area (Å²) in [5.74, 6) is 0.833. The van der Waals surface area contributed by atoms with Gasteiger partial charge >= 0.3 is 0 Å². The van der Waals surface area contributed by atoms with Crippen molar-refractivity contribution in [3.05, 3.63) is 70.8 Å². The first-order chi connectivity index (χ1) is 9.28. The molecule has 0 N–H and O–H groups in total. The van der Waals surface area contributed by atoms with E-state index in [0.29, 0.717) is 17.1 Å². The normalized spacial score (nSPS) is 10.8. The zero-order valence-electron chi connectivity index (χ0n) is 10.1. The molecule has 0 bridgehead atoms. The molecule has 0 fully saturated rings. The smallest absolute Gasteiger partial charge is 0.166 e. The molecule has 0 aliphatic carbocycles. The van der Waals surface area contributed by atoms with Gasteiger partial charge in [-0.25, -0.2) is 4.98 Å². The number of carbonyl (C=O) groups excluding carboxylic acids is 1. The first-order valence-electron chi connectivity index (χ1n) is 5.93. The minimum Gasteiger partial charge on any atom is -0.296 e. The lowest BCUT2D eigenvalue weighted by atomic mass is 10.1. The van der Waals surface area contributed by atoms with E-state index in [1.54, 1.807) is 12.3 Å². The van der Waals surface area contributed by atoms with E-state index >= 15 is 0 Å².